The Kier molecular flexibility index (Phi) is 5.17. The summed E-state index contributed by atoms with van der Waals surface area (Å²) in [5.74, 6) is -0.0154. The summed E-state index contributed by atoms with van der Waals surface area (Å²) in [5.41, 5.74) is 2.04. The van der Waals surface area contributed by atoms with E-state index in [2.05, 4.69) is 4.98 Å². The Morgan fingerprint density at radius 1 is 1.33 bits per heavy atom. The first kappa shape index (κ1) is 15.3. The molecular weight excluding hydrogens is 288 g/mol. The maximum atomic E-state index is 10.9. The number of carboxylic acid groups (broad SMARTS) is 1. The van der Waals surface area contributed by atoms with Gasteiger partial charge in [0.05, 0.1) is 6.42 Å². The van der Waals surface area contributed by atoms with Crippen molar-refractivity contribution < 1.29 is 9.90 Å². The van der Waals surface area contributed by atoms with Crippen molar-refractivity contribution >= 4 is 23.4 Å². The molecule has 0 bridgehead atoms. The monoisotopic (exact) mass is 304 g/mol. The maximum absolute atomic E-state index is 10.9. The molecule has 1 heterocycles. The summed E-state index contributed by atoms with van der Waals surface area (Å²) in [7, 11) is 0. The molecule has 0 radical (unpaired) electrons. The zero-order valence-corrected chi connectivity index (χ0v) is 12.5. The number of benzene rings is 1. The van der Waals surface area contributed by atoms with Crippen LogP contribution in [0.1, 0.15) is 17.5 Å². The average molecular weight is 305 g/mol. The zero-order chi connectivity index (χ0) is 15.2. The Bertz CT molecular complexity index is 631. The SMILES string of the molecule is Cc1cccnc1N(CCC(=O)O)Cc1cccc(Cl)c1. The quantitative estimate of drug-likeness (QED) is 0.887. The third kappa shape index (κ3) is 4.46. The summed E-state index contributed by atoms with van der Waals surface area (Å²) in [5, 5.41) is 9.59. The molecule has 1 N–H and O–H groups in total. The summed E-state index contributed by atoms with van der Waals surface area (Å²) in [6.45, 7) is 2.94. The average Bonchev–Trinajstić information content (AvgIpc) is 2.44. The molecule has 0 saturated heterocycles. The molecule has 21 heavy (non-hydrogen) atoms. The van der Waals surface area contributed by atoms with Crippen molar-refractivity contribution in [1.29, 1.82) is 0 Å². The number of rotatable bonds is 6. The number of carbonyl (C=O) groups is 1. The molecule has 5 heteroatoms. The van der Waals surface area contributed by atoms with E-state index in [1.54, 1.807) is 6.20 Å². The van der Waals surface area contributed by atoms with Gasteiger partial charge in [-0.1, -0.05) is 29.8 Å². The summed E-state index contributed by atoms with van der Waals surface area (Å²) < 4.78 is 0. The predicted molar refractivity (Wildman–Crippen MR) is 83.7 cm³/mol. The minimum Gasteiger partial charge on any atom is -0.481 e. The van der Waals surface area contributed by atoms with Gasteiger partial charge in [-0.15, -0.1) is 0 Å². The molecule has 2 aromatic rings. The van der Waals surface area contributed by atoms with Crippen LogP contribution in [0.2, 0.25) is 5.02 Å². The number of nitrogens with zero attached hydrogens (tertiary/aromatic N) is 2. The van der Waals surface area contributed by atoms with E-state index in [-0.39, 0.29) is 6.42 Å². The first-order chi connectivity index (χ1) is 10.1. The molecule has 0 amide bonds. The maximum Gasteiger partial charge on any atom is 0.305 e. The molecule has 0 spiro atoms. The van der Waals surface area contributed by atoms with Gasteiger partial charge in [-0.25, -0.2) is 4.98 Å². The van der Waals surface area contributed by atoms with Crippen LogP contribution in [-0.2, 0) is 11.3 Å². The van der Waals surface area contributed by atoms with Crippen LogP contribution in [0, 0.1) is 6.92 Å². The van der Waals surface area contributed by atoms with Crippen LogP contribution in [0.5, 0.6) is 0 Å². The van der Waals surface area contributed by atoms with Crippen LogP contribution in [0.25, 0.3) is 0 Å². The van der Waals surface area contributed by atoms with Crippen LogP contribution in [0.4, 0.5) is 5.82 Å². The lowest BCUT2D eigenvalue weighted by Crippen LogP contribution is -2.27. The topological polar surface area (TPSA) is 53.4 Å². The van der Waals surface area contributed by atoms with E-state index in [9.17, 15) is 4.79 Å². The molecule has 0 unspecified atom stereocenters. The Hall–Kier alpha value is -2.07. The van der Waals surface area contributed by atoms with Crippen LogP contribution >= 0.6 is 11.6 Å². The van der Waals surface area contributed by atoms with Crippen LogP contribution in [0.3, 0.4) is 0 Å². The summed E-state index contributed by atoms with van der Waals surface area (Å²) >= 11 is 6.00. The van der Waals surface area contributed by atoms with Crippen molar-refractivity contribution in [3.8, 4) is 0 Å². The van der Waals surface area contributed by atoms with E-state index in [0.29, 0.717) is 18.1 Å². The molecule has 0 aliphatic rings. The number of carboxylic acids is 1. The number of hydrogen-bond donors (Lipinski definition) is 1. The highest BCUT2D eigenvalue weighted by Gasteiger charge is 2.13. The van der Waals surface area contributed by atoms with Gasteiger partial charge in [-0.3, -0.25) is 4.79 Å². The fourth-order valence-corrected chi connectivity index (χ4v) is 2.37. The Balaban J connectivity index is 2.23. The van der Waals surface area contributed by atoms with E-state index in [4.69, 9.17) is 16.7 Å². The predicted octanol–water partition coefficient (Wildman–Crippen LogP) is 3.52. The number of halogens is 1. The Morgan fingerprint density at radius 3 is 2.81 bits per heavy atom. The molecule has 0 saturated carbocycles. The summed E-state index contributed by atoms with van der Waals surface area (Å²) in [6, 6.07) is 11.4. The number of pyridine rings is 1. The van der Waals surface area contributed by atoms with E-state index in [1.165, 1.54) is 0 Å². The van der Waals surface area contributed by atoms with Gasteiger partial charge < -0.3 is 10.0 Å². The van der Waals surface area contributed by atoms with Crippen LogP contribution in [0.15, 0.2) is 42.6 Å². The minimum atomic E-state index is -0.820. The molecule has 110 valence electrons. The highest BCUT2D eigenvalue weighted by atomic mass is 35.5. The lowest BCUT2D eigenvalue weighted by Gasteiger charge is -2.24. The highest BCUT2D eigenvalue weighted by Crippen LogP contribution is 2.20. The first-order valence-electron chi connectivity index (χ1n) is 6.69. The van der Waals surface area contributed by atoms with Gasteiger partial charge in [-0.2, -0.15) is 0 Å². The Labute approximate surface area is 129 Å². The van der Waals surface area contributed by atoms with Crippen molar-refractivity contribution in [2.45, 2.75) is 19.9 Å². The van der Waals surface area contributed by atoms with E-state index < -0.39 is 5.97 Å². The van der Waals surface area contributed by atoms with Gasteiger partial charge in [0.1, 0.15) is 5.82 Å². The van der Waals surface area contributed by atoms with Crippen molar-refractivity contribution in [2.24, 2.45) is 0 Å². The fourth-order valence-electron chi connectivity index (χ4n) is 2.15. The van der Waals surface area contributed by atoms with Gasteiger partial charge in [0, 0.05) is 24.3 Å². The second kappa shape index (κ2) is 7.09. The Morgan fingerprint density at radius 2 is 2.14 bits per heavy atom. The fraction of sp³-hybridized carbons (Fsp3) is 0.250. The standard InChI is InChI=1S/C16H17ClN2O2/c1-12-4-3-8-18-16(12)19(9-7-15(20)21)11-13-5-2-6-14(17)10-13/h2-6,8,10H,7,9,11H2,1H3,(H,20,21). The van der Waals surface area contributed by atoms with Crippen LogP contribution in [-0.4, -0.2) is 22.6 Å². The smallest absolute Gasteiger partial charge is 0.305 e. The van der Waals surface area contributed by atoms with Crippen molar-refractivity contribution in [1.82, 2.24) is 4.98 Å². The van der Waals surface area contributed by atoms with Gasteiger partial charge >= 0.3 is 5.97 Å². The molecule has 1 aromatic carbocycles. The van der Waals surface area contributed by atoms with Crippen molar-refractivity contribution in [3.05, 3.63) is 58.7 Å². The normalized spacial score (nSPS) is 10.4. The van der Waals surface area contributed by atoms with Gasteiger partial charge in [0.25, 0.3) is 0 Å². The minimum absolute atomic E-state index is 0.0661. The first-order valence-corrected chi connectivity index (χ1v) is 7.07. The second-order valence-electron chi connectivity index (χ2n) is 4.84. The molecule has 1 aromatic heterocycles. The molecule has 0 aliphatic carbocycles. The number of hydrogen-bond acceptors (Lipinski definition) is 3. The lowest BCUT2D eigenvalue weighted by molar-refractivity contribution is -0.136. The van der Waals surface area contributed by atoms with Gasteiger partial charge in [-0.05, 0) is 36.2 Å². The highest BCUT2D eigenvalue weighted by molar-refractivity contribution is 6.30. The lowest BCUT2D eigenvalue weighted by atomic mass is 10.2. The summed E-state index contributed by atoms with van der Waals surface area (Å²) in [4.78, 5) is 17.2. The van der Waals surface area contributed by atoms with Crippen molar-refractivity contribution in [2.75, 3.05) is 11.4 Å². The number of anilines is 1. The van der Waals surface area contributed by atoms with E-state index in [1.807, 2.05) is 48.2 Å². The molecule has 2 rings (SSSR count). The number of aromatic nitrogens is 1. The van der Waals surface area contributed by atoms with Crippen LogP contribution < -0.4 is 4.90 Å². The second-order valence-corrected chi connectivity index (χ2v) is 5.28. The summed E-state index contributed by atoms with van der Waals surface area (Å²) in [6.07, 6.45) is 1.78. The molecule has 0 atom stereocenters. The molecule has 0 fully saturated rings. The van der Waals surface area contributed by atoms with Gasteiger partial charge in [0.15, 0.2) is 0 Å². The van der Waals surface area contributed by atoms with Crippen molar-refractivity contribution in [3.63, 3.8) is 0 Å². The molecule has 0 aliphatic heterocycles. The van der Waals surface area contributed by atoms with Gasteiger partial charge in [0.2, 0.25) is 0 Å². The third-order valence-corrected chi connectivity index (χ3v) is 3.37. The number of aryl methyl sites for hydroxylation is 1. The number of aliphatic carboxylic acids is 1. The third-order valence-electron chi connectivity index (χ3n) is 3.14. The van der Waals surface area contributed by atoms with E-state index in [0.717, 1.165) is 16.9 Å². The zero-order valence-electron chi connectivity index (χ0n) is 11.8. The molecule has 4 nitrogen and oxygen atoms in total. The largest absolute Gasteiger partial charge is 0.481 e. The molecular formula is C16H17ClN2O2. The van der Waals surface area contributed by atoms with E-state index >= 15 is 0 Å².